The molecule has 4 atom stereocenters. The predicted molar refractivity (Wildman–Crippen MR) is 96.6 cm³/mol. The number of thioether (sulfide) groups is 1. The van der Waals surface area contributed by atoms with Crippen molar-refractivity contribution in [2.24, 2.45) is 0 Å². The first kappa shape index (κ1) is 16.6. The Morgan fingerprint density at radius 2 is 1.09 bits per heavy atom. The monoisotopic (exact) mass is 328 g/mol. The second kappa shape index (κ2) is 8.00. The van der Waals surface area contributed by atoms with E-state index < -0.39 is 0 Å². The van der Waals surface area contributed by atoms with Crippen molar-refractivity contribution in [2.75, 3.05) is 0 Å². The standard InChI is InChI=1S/C20H24O2S/c1-15-19(21-13-17-9-5-3-6-10-17)20(16(2)23-15)22-14-18-11-7-4-8-12-18/h3-12,15-16,19-20H,13-14H2,1-2H3/t15-,16-,19-,20-/m1/s1. The van der Waals surface area contributed by atoms with Crippen LogP contribution in [0.25, 0.3) is 0 Å². The van der Waals surface area contributed by atoms with Gasteiger partial charge in [0.1, 0.15) is 0 Å². The maximum Gasteiger partial charge on any atom is 0.0967 e. The molecule has 3 rings (SSSR count). The number of rotatable bonds is 6. The normalized spacial score (nSPS) is 27.2. The van der Waals surface area contributed by atoms with E-state index in [9.17, 15) is 0 Å². The van der Waals surface area contributed by atoms with Gasteiger partial charge in [-0.1, -0.05) is 74.5 Å². The van der Waals surface area contributed by atoms with Crippen molar-refractivity contribution in [1.29, 1.82) is 0 Å². The zero-order chi connectivity index (χ0) is 16.1. The number of hydrogen-bond acceptors (Lipinski definition) is 3. The van der Waals surface area contributed by atoms with Gasteiger partial charge < -0.3 is 9.47 Å². The highest BCUT2D eigenvalue weighted by atomic mass is 32.2. The predicted octanol–water partition coefficient (Wildman–Crippen LogP) is 4.68. The summed E-state index contributed by atoms with van der Waals surface area (Å²) >= 11 is 1.96. The van der Waals surface area contributed by atoms with E-state index >= 15 is 0 Å². The molecule has 0 spiro atoms. The maximum atomic E-state index is 6.23. The van der Waals surface area contributed by atoms with E-state index in [2.05, 4.69) is 62.4 Å². The second-order valence-corrected chi connectivity index (χ2v) is 7.83. The van der Waals surface area contributed by atoms with Crippen LogP contribution in [0.2, 0.25) is 0 Å². The molecule has 0 radical (unpaired) electrons. The average Bonchev–Trinajstić information content (AvgIpc) is 2.86. The third kappa shape index (κ3) is 4.37. The lowest BCUT2D eigenvalue weighted by atomic mass is 10.1. The number of benzene rings is 2. The van der Waals surface area contributed by atoms with Gasteiger partial charge in [-0.05, 0) is 11.1 Å². The van der Waals surface area contributed by atoms with Crippen LogP contribution in [-0.4, -0.2) is 22.7 Å². The highest BCUT2D eigenvalue weighted by Gasteiger charge is 2.41. The van der Waals surface area contributed by atoms with Crippen LogP contribution in [0.15, 0.2) is 60.7 Å². The first-order valence-corrected chi connectivity index (χ1v) is 9.15. The third-order valence-electron chi connectivity index (χ3n) is 4.25. The molecule has 3 heteroatoms. The molecule has 1 fully saturated rings. The maximum absolute atomic E-state index is 6.23. The molecule has 0 aromatic heterocycles. The Kier molecular flexibility index (Phi) is 5.76. The van der Waals surface area contributed by atoms with Gasteiger partial charge in [-0.2, -0.15) is 11.8 Å². The Morgan fingerprint density at radius 3 is 1.48 bits per heavy atom. The summed E-state index contributed by atoms with van der Waals surface area (Å²) in [5.41, 5.74) is 2.43. The lowest BCUT2D eigenvalue weighted by Gasteiger charge is -2.24. The minimum atomic E-state index is 0.138. The summed E-state index contributed by atoms with van der Waals surface area (Å²) in [4.78, 5) is 0. The fourth-order valence-electron chi connectivity index (χ4n) is 3.02. The zero-order valence-electron chi connectivity index (χ0n) is 13.7. The van der Waals surface area contributed by atoms with Crippen molar-refractivity contribution in [1.82, 2.24) is 0 Å². The quantitative estimate of drug-likeness (QED) is 0.767. The van der Waals surface area contributed by atoms with Gasteiger partial charge in [0, 0.05) is 10.5 Å². The fourth-order valence-corrected chi connectivity index (χ4v) is 4.48. The van der Waals surface area contributed by atoms with E-state index in [1.807, 2.05) is 23.9 Å². The largest absolute Gasteiger partial charge is 0.370 e. The van der Waals surface area contributed by atoms with Gasteiger partial charge in [0.2, 0.25) is 0 Å². The molecule has 0 aliphatic carbocycles. The Bertz CT molecular complexity index is 534. The smallest absolute Gasteiger partial charge is 0.0967 e. The van der Waals surface area contributed by atoms with Crippen LogP contribution >= 0.6 is 11.8 Å². The Hall–Kier alpha value is -1.29. The van der Waals surface area contributed by atoms with Crippen LogP contribution in [0.4, 0.5) is 0 Å². The van der Waals surface area contributed by atoms with Crippen LogP contribution in [0.5, 0.6) is 0 Å². The van der Waals surface area contributed by atoms with E-state index in [0.717, 1.165) is 0 Å². The SMILES string of the molecule is C[C@H]1S[C@H](C)[C@@H](OCc2ccccc2)[C@@H]1OCc1ccccc1. The van der Waals surface area contributed by atoms with E-state index in [-0.39, 0.29) is 12.2 Å². The average molecular weight is 328 g/mol. The molecule has 0 amide bonds. The molecule has 0 unspecified atom stereocenters. The summed E-state index contributed by atoms with van der Waals surface area (Å²) in [5.74, 6) is 0. The molecule has 1 heterocycles. The van der Waals surface area contributed by atoms with Gasteiger partial charge in [-0.25, -0.2) is 0 Å². The van der Waals surface area contributed by atoms with Crippen molar-refractivity contribution >= 4 is 11.8 Å². The van der Waals surface area contributed by atoms with Crippen molar-refractivity contribution in [3.63, 3.8) is 0 Å². The molecule has 23 heavy (non-hydrogen) atoms. The summed E-state index contributed by atoms with van der Waals surface area (Å²) in [7, 11) is 0. The molecule has 2 aromatic carbocycles. The molecule has 2 aromatic rings. The molecule has 0 saturated carbocycles. The molecule has 0 bridgehead atoms. The third-order valence-corrected chi connectivity index (χ3v) is 5.64. The zero-order valence-corrected chi connectivity index (χ0v) is 14.5. The summed E-state index contributed by atoms with van der Waals surface area (Å²) in [6, 6.07) is 20.7. The van der Waals surface area contributed by atoms with Crippen LogP contribution in [-0.2, 0) is 22.7 Å². The van der Waals surface area contributed by atoms with Crippen LogP contribution in [0.3, 0.4) is 0 Å². The van der Waals surface area contributed by atoms with E-state index in [0.29, 0.717) is 23.7 Å². The molecule has 2 nitrogen and oxygen atoms in total. The summed E-state index contributed by atoms with van der Waals surface area (Å²) < 4.78 is 12.5. The number of ether oxygens (including phenoxy) is 2. The lowest BCUT2D eigenvalue weighted by Crippen LogP contribution is -2.36. The minimum absolute atomic E-state index is 0.138. The van der Waals surface area contributed by atoms with Crippen LogP contribution in [0, 0.1) is 0 Å². The highest BCUT2D eigenvalue weighted by Crippen LogP contribution is 2.38. The van der Waals surface area contributed by atoms with Crippen molar-refractivity contribution in [2.45, 2.75) is 49.8 Å². The summed E-state index contributed by atoms with van der Waals surface area (Å²) in [6.07, 6.45) is 0.276. The van der Waals surface area contributed by atoms with Gasteiger partial charge in [0.05, 0.1) is 25.4 Å². The molecule has 1 saturated heterocycles. The molecular formula is C20H24O2S. The molecule has 122 valence electrons. The van der Waals surface area contributed by atoms with Crippen molar-refractivity contribution < 1.29 is 9.47 Å². The Balaban J connectivity index is 1.60. The van der Waals surface area contributed by atoms with Gasteiger partial charge in [-0.15, -0.1) is 0 Å². The fraction of sp³-hybridized carbons (Fsp3) is 0.400. The first-order chi connectivity index (χ1) is 11.2. The molecule has 1 aliphatic rings. The Morgan fingerprint density at radius 1 is 0.696 bits per heavy atom. The highest BCUT2D eigenvalue weighted by molar-refractivity contribution is 8.00. The second-order valence-electron chi connectivity index (χ2n) is 6.07. The van der Waals surface area contributed by atoms with Crippen LogP contribution in [0.1, 0.15) is 25.0 Å². The molecular weight excluding hydrogens is 304 g/mol. The Labute approximate surface area is 143 Å². The van der Waals surface area contributed by atoms with Gasteiger partial charge in [-0.3, -0.25) is 0 Å². The van der Waals surface area contributed by atoms with Crippen molar-refractivity contribution in [3.05, 3.63) is 71.8 Å². The topological polar surface area (TPSA) is 18.5 Å². The van der Waals surface area contributed by atoms with E-state index in [1.165, 1.54) is 11.1 Å². The van der Waals surface area contributed by atoms with E-state index in [1.54, 1.807) is 0 Å². The lowest BCUT2D eigenvalue weighted by molar-refractivity contribution is -0.0758. The van der Waals surface area contributed by atoms with Crippen molar-refractivity contribution in [3.8, 4) is 0 Å². The minimum Gasteiger partial charge on any atom is -0.370 e. The number of hydrogen-bond donors (Lipinski definition) is 0. The van der Waals surface area contributed by atoms with Crippen LogP contribution < -0.4 is 0 Å². The van der Waals surface area contributed by atoms with Gasteiger partial charge in [0.15, 0.2) is 0 Å². The summed E-state index contributed by atoms with van der Waals surface area (Å²) in [6.45, 7) is 5.77. The van der Waals surface area contributed by atoms with Gasteiger partial charge >= 0.3 is 0 Å². The van der Waals surface area contributed by atoms with Gasteiger partial charge in [0.25, 0.3) is 0 Å². The summed E-state index contributed by atoms with van der Waals surface area (Å²) in [5, 5.41) is 0.906. The van der Waals surface area contributed by atoms with E-state index in [4.69, 9.17) is 9.47 Å². The molecule has 0 N–H and O–H groups in total. The first-order valence-electron chi connectivity index (χ1n) is 8.20. The molecule has 1 aliphatic heterocycles.